The second-order valence-corrected chi connectivity index (χ2v) is 17.1. The predicted octanol–water partition coefficient (Wildman–Crippen LogP) is 5.81. The van der Waals surface area contributed by atoms with Crippen LogP contribution in [0.3, 0.4) is 0 Å². The van der Waals surface area contributed by atoms with Crippen LogP contribution in [0.5, 0.6) is 6.01 Å². The highest BCUT2D eigenvalue weighted by Crippen LogP contribution is 2.79. The Morgan fingerprint density at radius 1 is 0.905 bits per heavy atom. The van der Waals surface area contributed by atoms with Gasteiger partial charge in [0.2, 0.25) is 0 Å². The van der Waals surface area contributed by atoms with E-state index in [1.54, 1.807) is 32.3 Å². The van der Waals surface area contributed by atoms with E-state index in [9.17, 15) is 15.3 Å². The molecule has 0 bridgehead atoms. The van der Waals surface area contributed by atoms with Gasteiger partial charge in [-0.15, -0.1) is 0 Å². The normalized spacial score (nSPS) is 50.6. The van der Waals surface area contributed by atoms with E-state index in [-0.39, 0.29) is 51.2 Å². The fraction of sp³-hybridized carbons (Fsp3) is 0.886. The zero-order valence-electron chi connectivity index (χ0n) is 27.4. The van der Waals surface area contributed by atoms with Crippen molar-refractivity contribution in [3.8, 4) is 6.01 Å². The van der Waals surface area contributed by atoms with Crippen molar-refractivity contribution in [2.45, 2.75) is 143 Å². The van der Waals surface area contributed by atoms with Gasteiger partial charge >= 0.3 is 6.01 Å². The fourth-order valence-corrected chi connectivity index (χ4v) is 12.2. The molecule has 0 unspecified atom stereocenters. The molecule has 2 heterocycles. The maximum absolute atomic E-state index is 12.5. The van der Waals surface area contributed by atoms with Gasteiger partial charge in [0.05, 0.1) is 30.0 Å². The van der Waals surface area contributed by atoms with E-state index in [4.69, 9.17) is 9.47 Å². The lowest BCUT2D eigenvalue weighted by molar-refractivity contribution is -0.256. The molecule has 1 aliphatic heterocycles. The number of fused-ring (bicyclic) bond motifs is 7. The van der Waals surface area contributed by atoms with Crippen molar-refractivity contribution < 1.29 is 24.8 Å². The summed E-state index contributed by atoms with van der Waals surface area (Å²) in [5, 5.41) is 34.8. The van der Waals surface area contributed by atoms with E-state index < -0.39 is 23.9 Å². The highest BCUT2D eigenvalue weighted by molar-refractivity contribution is 5.25. The van der Waals surface area contributed by atoms with Crippen LogP contribution in [0.1, 0.15) is 107 Å². The average molecular weight is 585 g/mol. The van der Waals surface area contributed by atoms with Gasteiger partial charge < -0.3 is 24.8 Å². The first-order valence-electron chi connectivity index (χ1n) is 16.6. The van der Waals surface area contributed by atoms with E-state index in [2.05, 4.69) is 58.4 Å². The minimum Gasteiger partial charge on any atom is -0.454 e. The molecule has 13 atom stereocenters. The van der Waals surface area contributed by atoms with Crippen LogP contribution < -0.4 is 4.74 Å². The van der Waals surface area contributed by atoms with Gasteiger partial charge in [0.25, 0.3) is 0 Å². The van der Waals surface area contributed by atoms with E-state index in [1.807, 2.05) is 0 Å². The molecule has 1 aromatic rings. The molecule has 7 heteroatoms. The van der Waals surface area contributed by atoms with Gasteiger partial charge in [0.1, 0.15) is 0 Å². The van der Waals surface area contributed by atoms with Crippen LogP contribution in [0.25, 0.3) is 0 Å². The Kier molecular flexibility index (Phi) is 7.03. The van der Waals surface area contributed by atoms with Crippen LogP contribution in [-0.4, -0.2) is 61.4 Å². The molecule has 6 rings (SSSR count). The largest absolute Gasteiger partial charge is 0.454 e. The summed E-state index contributed by atoms with van der Waals surface area (Å²) in [5.41, 5.74) is -1.48. The van der Waals surface area contributed by atoms with Crippen LogP contribution in [0, 0.1) is 50.7 Å². The minimum absolute atomic E-state index is 0.0633. The van der Waals surface area contributed by atoms with Crippen LogP contribution in [0.15, 0.2) is 18.5 Å². The molecule has 1 aromatic heterocycles. The summed E-state index contributed by atoms with van der Waals surface area (Å²) >= 11 is 0. The maximum atomic E-state index is 12.5. The molecule has 5 fully saturated rings. The number of ether oxygens (including phenoxy) is 2. The summed E-state index contributed by atoms with van der Waals surface area (Å²) in [6, 6.07) is 1.97. The third-order valence-corrected chi connectivity index (χ3v) is 14.8. The van der Waals surface area contributed by atoms with Crippen molar-refractivity contribution in [2.75, 3.05) is 0 Å². The topological polar surface area (TPSA) is 105 Å². The van der Waals surface area contributed by atoms with Gasteiger partial charge in [-0.05, 0) is 110 Å². The summed E-state index contributed by atoms with van der Waals surface area (Å²) in [6.45, 7) is 20.3. The fourth-order valence-electron chi connectivity index (χ4n) is 12.2. The number of aromatic nitrogens is 2. The zero-order valence-corrected chi connectivity index (χ0v) is 27.4. The third-order valence-electron chi connectivity index (χ3n) is 14.8. The lowest BCUT2D eigenvalue weighted by atomic mass is 9.32. The lowest BCUT2D eigenvalue weighted by Crippen LogP contribution is -2.67. The molecule has 42 heavy (non-hydrogen) atoms. The number of aliphatic hydroxyl groups is 3. The summed E-state index contributed by atoms with van der Waals surface area (Å²) in [6.07, 6.45) is 8.06. The van der Waals surface area contributed by atoms with Gasteiger partial charge in [-0.1, -0.05) is 48.5 Å². The van der Waals surface area contributed by atoms with Crippen LogP contribution in [-0.2, 0) is 4.74 Å². The summed E-state index contributed by atoms with van der Waals surface area (Å²) < 4.78 is 13.2. The van der Waals surface area contributed by atoms with E-state index >= 15 is 0 Å². The van der Waals surface area contributed by atoms with Crippen molar-refractivity contribution in [1.29, 1.82) is 0 Å². The van der Waals surface area contributed by atoms with Crippen molar-refractivity contribution in [3.05, 3.63) is 18.5 Å². The van der Waals surface area contributed by atoms with E-state index in [0.29, 0.717) is 17.8 Å². The first-order chi connectivity index (χ1) is 19.4. The van der Waals surface area contributed by atoms with Crippen LogP contribution in [0.4, 0.5) is 0 Å². The number of nitrogens with zero attached hydrogens (tertiary/aromatic N) is 2. The molecule has 4 aliphatic carbocycles. The van der Waals surface area contributed by atoms with E-state index in [0.717, 1.165) is 44.9 Å². The number of rotatable bonds is 4. The second-order valence-electron chi connectivity index (χ2n) is 17.1. The Hall–Kier alpha value is -1.28. The molecule has 3 N–H and O–H groups in total. The summed E-state index contributed by atoms with van der Waals surface area (Å²) in [7, 11) is 0. The van der Waals surface area contributed by atoms with Crippen molar-refractivity contribution in [3.63, 3.8) is 0 Å². The molecule has 1 saturated heterocycles. The monoisotopic (exact) mass is 584 g/mol. The Labute approximate surface area is 253 Å². The third kappa shape index (κ3) is 3.91. The van der Waals surface area contributed by atoms with Gasteiger partial charge in [-0.2, -0.15) is 0 Å². The zero-order chi connectivity index (χ0) is 30.7. The Bertz CT molecular complexity index is 1170. The van der Waals surface area contributed by atoms with Gasteiger partial charge in [-0.3, -0.25) is 0 Å². The number of hydrogen-bond acceptors (Lipinski definition) is 7. The SMILES string of the molecule is C[C@@H]1C[C@H]([C@H](Oc2ncccn2)C(C)(C)O)O[C@H]2[C@@H]1[C@@]1(C)CC[C@]3(C)[C@@H](CC[C@H]4C(C)(C)[C@@H](O)CC[C@@]43C)[C@]1(C)[C@H]2O. The predicted molar refractivity (Wildman–Crippen MR) is 162 cm³/mol. The quantitative estimate of drug-likeness (QED) is 0.411. The van der Waals surface area contributed by atoms with Crippen molar-refractivity contribution in [1.82, 2.24) is 9.97 Å². The van der Waals surface area contributed by atoms with Gasteiger partial charge in [0.15, 0.2) is 6.10 Å². The Balaban J connectivity index is 1.35. The van der Waals surface area contributed by atoms with Crippen molar-refractivity contribution in [2.24, 2.45) is 50.7 Å². The van der Waals surface area contributed by atoms with Gasteiger partial charge in [0, 0.05) is 17.8 Å². The average Bonchev–Trinajstić information content (AvgIpc) is 3.09. The highest BCUT2D eigenvalue weighted by atomic mass is 16.6. The standard InChI is InChI=1S/C35H56N2O5/c1-20-19-21(28(31(4,5)40)42-29-36-17-10-18-37-29)41-26-25(20)34(8)16-15-33(7)23(35(34,9)27(26)39)12-11-22-30(2,3)24(38)13-14-32(22,33)6/h10,17-18,20-28,38-40H,11-16,19H2,1-9H3/t20-,21-,22+,23-,24+,25-,26+,27+,28+,32+,33-,34-,35-/m1/s1. The first kappa shape index (κ1) is 30.7. The smallest absolute Gasteiger partial charge is 0.316 e. The molecule has 4 saturated carbocycles. The molecule has 236 valence electrons. The lowest BCUT2D eigenvalue weighted by Gasteiger charge is -2.72. The number of hydrogen-bond donors (Lipinski definition) is 3. The van der Waals surface area contributed by atoms with Crippen molar-refractivity contribution >= 4 is 0 Å². The summed E-state index contributed by atoms with van der Waals surface area (Å²) in [4.78, 5) is 8.50. The molecule has 0 aromatic carbocycles. The maximum Gasteiger partial charge on any atom is 0.316 e. The Morgan fingerprint density at radius 2 is 1.50 bits per heavy atom. The highest BCUT2D eigenvalue weighted by Gasteiger charge is 2.77. The summed E-state index contributed by atoms with van der Waals surface area (Å²) in [5.74, 6) is 1.35. The molecular weight excluding hydrogens is 528 g/mol. The van der Waals surface area contributed by atoms with Crippen LogP contribution >= 0.6 is 0 Å². The molecule has 0 spiro atoms. The molecule has 7 nitrogen and oxygen atoms in total. The minimum atomic E-state index is -1.19. The van der Waals surface area contributed by atoms with Gasteiger partial charge in [-0.25, -0.2) is 9.97 Å². The molecule has 5 aliphatic rings. The molecule has 0 amide bonds. The van der Waals surface area contributed by atoms with Crippen LogP contribution in [0.2, 0.25) is 0 Å². The first-order valence-corrected chi connectivity index (χ1v) is 16.6. The molecule has 0 radical (unpaired) electrons. The second kappa shape index (κ2) is 9.61. The number of aliphatic hydroxyl groups excluding tert-OH is 2. The molecular formula is C35H56N2O5. The Morgan fingerprint density at radius 3 is 2.14 bits per heavy atom. The van der Waals surface area contributed by atoms with E-state index in [1.165, 1.54) is 0 Å².